The molecule has 8 heteroatoms. The molecule has 22 heavy (non-hydrogen) atoms. The van der Waals surface area contributed by atoms with E-state index in [1.165, 1.54) is 0 Å². The maximum atomic E-state index is 12.4. The Morgan fingerprint density at radius 3 is 2.73 bits per heavy atom. The Hall–Kier alpha value is -2.19. The van der Waals surface area contributed by atoms with E-state index in [9.17, 15) is 18.0 Å². The highest BCUT2D eigenvalue weighted by Gasteiger charge is 2.27. The normalized spacial score (nSPS) is 17.9. The summed E-state index contributed by atoms with van der Waals surface area (Å²) in [7, 11) is -4.01. The highest BCUT2D eigenvalue weighted by molar-refractivity contribution is 7.89. The summed E-state index contributed by atoms with van der Waals surface area (Å²) in [6, 6.07) is 7.27. The summed E-state index contributed by atoms with van der Waals surface area (Å²) in [5, 5.41) is 0. The van der Waals surface area contributed by atoms with Gasteiger partial charge in [-0.15, -0.1) is 0 Å². The minimum Gasteiger partial charge on any atom is -0.313 e. The van der Waals surface area contributed by atoms with Crippen molar-refractivity contribution in [1.82, 2.24) is 14.7 Å². The number of hydrogen-bond donors (Lipinski definition) is 3. The van der Waals surface area contributed by atoms with Gasteiger partial charge in [-0.1, -0.05) is 24.3 Å². The maximum Gasteiger partial charge on any atom is 0.325 e. The summed E-state index contributed by atoms with van der Waals surface area (Å²) in [6.07, 6.45) is 3.36. The molecule has 116 valence electrons. The van der Waals surface area contributed by atoms with Crippen molar-refractivity contribution in [1.29, 1.82) is 0 Å². The Bertz CT molecular complexity index is 914. The summed E-state index contributed by atoms with van der Waals surface area (Å²) in [5.41, 5.74) is 0.363. The van der Waals surface area contributed by atoms with Crippen LogP contribution in [0.5, 0.6) is 0 Å². The summed E-state index contributed by atoms with van der Waals surface area (Å²) >= 11 is 0. The molecule has 0 amide bonds. The fourth-order valence-electron chi connectivity index (χ4n) is 2.72. The maximum absolute atomic E-state index is 12.4. The van der Waals surface area contributed by atoms with Gasteiger partial charge >= 0.3 is 5.69 Å². The number of aromatic nitrogens is 2. The Labute approximate surface area is 126 Å². The topological polar surface area (TPSA) is 112 Å². The van der Waals surface area contributed by atoms with Crippen molar-refractivity contribution in [2.75, 3.05) is 0 Å². The van der Waals surface area contributed by atoms with Crippen LogP contribution in [0.1, 0.15) is 30.0 Å². The number of benzene rings is 1. The van der Waals surface area contributed by atoms with Gasteiger partial charge in [0.25, 0.3) is 5.56 Å². The van der Waals surface area contributed by atoms with Crippen molar-refractivity contribution in [2.45, 2.75) is 30.2 Å². The lowest BCUT2D eigenvalue weighted by Gasteiger charge is -2.25. The van der Waals surface area contributed by atoms with Crippen LogP contribution in [0.4, 0.5) is 0 Å². The molecular formula is C14H15N3O4S. The van der Waals surface area contributed by atoms with Crippen LogP contribution in [-0.4, -0.2) is 18.4 Å². The fraction of sp³-hybridized carbons (Fsp3) is 0.286. The van der Waals surface area contributed by atoms with Crippen LogP contribution in [0.3, 0.4) is 0 Å². The monoisotopic (exact) mass is 321 g/mol. The third-order valence-corrected chi connectivity index (χ3v) is 5.22. The molecule has 0 spiro atoms. The standard InChI is InChI=1S/C14H15N3O4S/c18-13-12(8-15-14(19)16-13)22(20,21)17-11-7-3-5-9-4-1-2-6-10(9)11/h1-2,4,6,8,11,17H,3,5,7H2,(H2,15,16,18,19). The lowest BCUT2D eigenvalue weighted by molar-refractivity contribution is 0.506. The lowest BCUT2D eigenvalue weighted by Crippen LogP contribution is -2.36. The average Bonchev–Trinajstić information content (AvgIpc) is 2.47. The van der Waals surface area contributed by atoms with Crippen LogP contribution in [-0.2, 0) is 16.4 Å². The SMILES string of the molecule is O=c1[nH]cc(S(=O)(=O)NC2CCCc3ccccc32)c(=O)[nH]1. The van der Waals surface area contributed by atoms with Crippen LogP contribution in [0.25, 0.3) is 0 Å². The van der Waals surface area contributed by atoms with Crippen LogP contribution in [0, 0.1) is 0 Å². The van der Waals surface area contributed by atoms with Gasteiger partial charge in [0.15, 0.2) is 4.90 Å². The first-order valence-electron chi connectivity index (χ1n) is 6.89. The molecule has 1 atom stereocenters. The van der Waals surface area contributed by atoms with Gasteiger partial charge in [0.05, 0.1) is 0 Å². The zero-order valence-electron chi connectivity index (χ0n) is 11.6. The number of sulfonamides is 1. The Morgan fingerprint density at radius 1 is 1.18 bits per heavy atom. The second-order valence-corrected chi connectivity index (χ2v) is 6.88. The first-order valence-corrected chi connectivity index (χ1v) is 8.38. The molecule has 0 bridgehead atoms. The zero-order valence-corrected chi connectivity index (χ0v) is 12.4. The summed E-state index contributed by atoms with van der Waals surface area (Å²) in [4.78, 5) is 26.3. The van der Waals surface area contributed by atoms with Gasteiger partial charge in [-0.2, -0.15) is 0 Å². The van der Waals surface area contributed by atoms with E-state index >= 15 is 0 Å². The average molecular weight is 321 g/mol. The van der Waals surface area contributed by atoms with Crippen molar-refractivity contribution >= 4 is 10.0 Å². The van der Waals surface area contributed by atoms with Crippen LogP contribution in [0.15, 0.2) is 44.9 Å². The summed E-state index contributed by atoms with van der Waals surface area (Å²) < 4.78 is 27.3. The van der Waals surface area contributed by atoms with E-state index in [1.807, 2.05) is 29.2 Å². The number of rotatable bonds is 3. The van der Waals surface area contributed by atoms with Crippen molar-refractivity contribution in [3.8, 4) is 0 Å². The molecule has 0 saturated heterocycles. The molecule has 2 aromatic rings. The Balaban J connectivity index is 1.96. The molecule has 0 fully saturated rings. The number of hydrogen-bond acceptors (Lipinski definition) is 4. The molecule has 3 rings (SSSR count). The predicted octanol–water partition coefficient (Wildman–Crippen LogP) is 0.419. The van der Waals surface area contributed by atoms with Gasteiger partial charge in [0.1, 0.15) is 0 Å². The number of H-pyrrole nitrogens is 2. The van der Waals surface area contributed by atoms with E-state index in [2.05, 4.69) is 9.71 Å². The van der Waals surface area contributed by atoms with E-state index in [1.54, 1.807) is 0 Å². The van der Waals surface area contributed by atoms with E-state index < -0.39 is 26.2 Å². The fourth-order valence-corrected chi connectivity index (χ4v) is 3.98. The Kier molecular flexibility index (Phi) is 3.71. The molecule has 1 aromatic heterocycles. The van der Waals surface area contributed by atoms with Crippen molar-refractivity contribution in [3.05, 3.63) is 62.4 Å². The first kappa shape index (κ1) is 14.7. The van der Waals surface area contributed by atoms with Gasteiger partial charge in [0.2, 0.25) is 10.0 Å². The van der Waals surface area contributed by atoms with Gasteiger partial charge in [-0.3, -0.25) is 9.78 Å². The Morgan fingerprint density at radius 2 is 1.95 bits per heavy atom. The molecule has 1 aliphatic carbocycles. The molecule has 1 unspecified atom stereocenters. The number of aryl methyl sites for hydroxylation is 1. The minimum absolute atomic E-state index is 0.374. The molecule has 1 aromatic carbocycles. The summed E-state index contributed by atoms with van der Waals surface area (Å²) in [5.74, 6) is 0. The van der Waals surface area contributed by atoms with Crippen LogP contribution in [0.2, 0.25) is 0 Å². The number of aromatic amines is 2. The third-order valence-electron chi connectivity index (χ3n) is 3.74. The van der Waals surface area contributed by atoms with Crippen LogP contribution < -0.4 is 16.0 Å². The second kappa shape index (κ2) is 5.54. The van der Waals surface area contributed by atoms with Gasteiger partial charge < -0.3 is 4.98 Å². The van der Waals surface area contributed by atoms with Crippen LogP contribution >= 0.6 is 0 Å². The molecular weight excluding hydrogens is 306 g/mol. The highest BCUT2D eigenvalue weighted by atomic mass is 32.2. The van der Waals surface area contributed by atoms with Gasteiger partial charge in [-0.25, -0.2) is 17.9 Å². The first-order chi connectivity index (χ1) is 10.5. The number of nitrogens with one attached hydrogen (secondary N) is 3. The van der Waals surface area contributed by atoms with Crippen molar-refractivity contribution in [2.24, 2.45) is 0 Å². The lowest BCUT2D eigenvalue weighted by atomic mass is 9.88. The smallest absolute Gasteiger partial charge is 0.313 e. The molecule has 3 N–H and O–H groups in total. The second-order valence-electron chi connectivity index (χ2n) is 5.20. The van der Waals surface area contributed by atoms with Gasteiger partial charge in [-0.05, 0) is 30.4 Å². The van der Waals surface area contributed by atoms with E-state index in [0.717, 1.165) is 30.2 Å². The highest BCUT2D eigenvalue weighted by Crippen LogP contribution is 2.30. The number of fused-ring (bicyclic) bond motifs is 1. The van der Waals surface area contributed by atoms with E-state index in [0.29, 0.717) is 6.42 Å². The zero-order chi connectivity index (χ0) is 15.7. The third kappa shape index (κ3) is 2.75. The molecule has 0 radical (unpaired) electrons. The molecule has 1 heterocycles. The minimum atomic E-state index is -4.01. The van der Waals surface area contributed by atoms with Crippen molar-refractivity contribution < 1.29 is 8.42 Å². The molecule has 0 aliphatic heterocycles. The van der Waals surface area contributed by atoms with E-state index in [-0.39, 0.29) is 6.04 Å². The largest absolute Gasteiger partial charge is 0.325 e. The molecule has 0 saturated carbocycles. The molecule has 1 aliphatic rings. The summed E-state index contributed by atoms with van der Waals surface area (Å²) in [6.45, 7) is 0. The predicted molar refractivity (Wildman–Crippen MR) is 80.1 cm³/mol. The molecule has 7 nitrogen and oxygen atoms in total. The van der Waals surface area contributed by atoms with E-state index in [4.69, 9.17) is 0 Å². The quantitative estimate of drug-likeness (QED) is 0.760. The van der Waals surface area contributed by atoms with Crippen molar-refractivity contribution in [3.63, 3.8) is 0 Å². The van der Waals surface area contributed by atoms with Gasteiger partial charge in [0, 0.05) is 12.2 Å².